The van der Waals surface area contributed by atoms with Crippen LogP contribution in [0.1, 0.15) is 42.5 Å². The van der Waals surface area contributed by atoms with E-state index in [1.54, 1.807) is 30.5 Å². The summed E-state index contributed by atoms with van der Waals surface area (Å²) in [6.07, 6.45) is 7.84. The van der Waals surface area contributed by atoms with Gasteiger partial charge in [0.05, 0.1) is 5.56 Å². The van der Waals surface area contributed by atoms with Crippen LogP contribution in [0.3, 0.4) is 0 Å². The Labute approximate surface area is 165 Å². The Balaban J connectivity index is 1.35. The highest BCUT2D eigenvalue weighted by molar-refractivity contribution is 5.94. The van der Waals surface area contributed by atoms with Crippen molar-refractivity contribution in [3.63, 3.8) is 0 Å². The summed E-state index contributed by atoms with van der Waals surface area (Å²) in [6.45, 7) is 3.59. The third-order valence-corrected chi connectivity index (χ3v) is 5.68. The number of halogens is 1. The minimum Gasteiger partial charge on any atom is -0.439 e. The molecule has 28 heavy (non-hydrogen) atoms. The third-order valence-electron chi connectivity index (χ3n) is 5.68. The Morgan fingerprint density at radius 3 is 2.46 bits per heavy atom. The van der Waals surface area contributed by atoms with E-state index in [0.29, 0.717) is 23.2 Å². The minimum atomic E-state index is -0.315. The molecule has 2 aliphatic rings. The topological polar surface area (TPSA) is 45.7 Å². The van der Waals surface area contributed by atoms with Crippen molar-refractivity contribution in [2.24, 2.45) is 0 Å². The number of aromatic nitrogens is 1. The van der Waals surface area contributed by atoms with Gasteiger partial charge in [-0.05, 0) is 49.6 Å². The van der Waals surface area contributed by atoms with Crippen molar-refractivity contribution in [1.29, 1.82) is 0 Å². The maximum atomic E-state index is 13.0. The molecule has 2 heterocycles. The maximum Gasteiger partial charge on any atom is 0.255 e. The monoisotopic (exact) mass is 383 g/mol. The third kappa shape index (κ3) is 4.50. The molecule has 0 bridgehead atoms. The number of pyridine rings is 1. The molecule has 5 nitrogen and oxygen atoms in total. The van der Waals surface area contributed by atoms with Gasteiger partial charge < -0.3 is 9.64 Å². The van der Waals surface area contributed by atoms with Gasteiger partial charge in [-0.2, -0.15) is 0 Å². The van der Waals surface area contributed by atoms with Crippen LogP contribution in [0.5, 0.6) is 11.6 Å². The number of hydrogen-bond donors (Lipinski definition) is 0. The first kappa shape index (κ1) is 18.9. The molecular weight excluding hydrogens is 357 g/mol. The molecule has 1 aromatic carbocycles. The molecule has 1 aromatic heterocycles. The summed E-state index contributed by atoms with van der Waals surface area (Å²) < 4.78 is 18.6. The summed E-state index contributed by atoms with van der Waals surface area (Å²) >= 11 is 0. The molecule has 2 aromatic rings. The lowest BCUT2D eigenvalue weighted by atomic mass is 10.2. The number of carbonyl (C=O) groups is 1. The zero-order valence-electron chi connectivity index (χ0n) is 16.0. The summed E-state index contributed by atoms with van der Waals surface area (Å²) in [4.78, 5) is 21.6. The molecule has 1 aliphatic heterocycles. The highest BCUT2D eigenvalue weighted by atomic mass is 19.1. The molecule has 1 saturated carbocycles. The number of rotatable bonds is 4. The van der Waals surface area contributed by atoms with Crippen molar-refractivity contribution in [2.45, 2.75) is 38.1 Å². The highest BCUT2D eigenvalue weighted by Gasteiger charge is 2.26. The van der Waals surface area contributed by atoms with Crippen molar-refractivity contribution in [1.82, 2.24) is 14.8 Å². The summed E-state index contributed by atoms with van der Waals surface area (Å²) in [6, 6.07) is 9.89. The van der Waals surface area contributed by atoms with Crippen LogP contribution in [0.25, 0.3) is 0 Å². The second-order valence-corrected chi connectivity index (χ2v) is 7.56. The first-order chi connectivity index (χ1) is 13.7. The summed E-state index contributed by atoms with van der Waals surface area (Å²) in [5.74, 6) is 0.596. The molecule has 6 heteroatoms. The summed E-state index contributed by atoms with van der Waals surface area (Å²) in [5, 5.41) is 0. The Hall–Kier alpha value is -2.47. The second-order valence-electron chi connectivity index (χ2n) is 7.56. The van der Waals surface area contributed by atoms with Crippen LogP contribution in [-0.4, -0.2) is 52.9 Å². The van der Waals surface area contributed by atoms with Gasteiger partial charge in [-0.25, -0.2) is 9.37 Å². The standard InChI is InChI=1S/C22H26FN3O2/c23-18-7-9-20(10-8-18)28-21-11-6-17(16-24-21)22(27)26-13-3-12-25(14-15-26)19-4-1-2-5-19/h6-11,16,19H,1-5,12-15H2. The fourth-order valence-corrected chi connectivity index (χ4v) is 4.15. The maximum absolute atomic E-state index is 13.0. The van der Waals surface area contributed by atoms with Crippen LogP contribution in [0.15, 0.2) is 42.6 Å². The number of benzene rings is 1. The molecule has 0 spiro atoms. The Kier molecular flexibility index (Phi) is 5.86. The molecular formula is C22H26FN3O2. The molecule has 148 valence electrons. The van der Waals surface area contributed by atoms with E-state index in [9.17, 15) is 9.18 Å². The van der Waals surface area contributed by atoms with E-state index in [0.717, 1.165) is 32.6 Å². The quantitative estimate of drug-likeness (QED) is 0.797. The van der Waals surface area contributed by atoms with E-state index < -0.39 is 0 Å². The fourth-order valence-electron chi connectivity index (χ4n) is 4.15. The number of amides is 1. The van der Waals surface area contributed by atoms with Gasteiger partial charge in [0.2, 0.25) is 5.88 Å². The van der Waals surface area contributed by atoms with E-state index in [-0.39, 0.29) is 11.7 Å². The SMILES string of the molecule is O=C(c1ccc(Oc2ccc(F)cc2)nc1)N1CCCN(C2CCCC2)CC1. The lowest BCUT2D eigenvalue weighted by Gasteiger charge is -2.27. The molecule has 1 amide bonds. The number of ether oxygens (including phenoxy) is 1. The fraction of sp³-hybridized carbons (Fsp3) is 0.455. The zero-order chi connectivity index (χ0) is 19.3. The molecule has 1 saturated heterocycles. The van der Waals surface area contributed by atoms with Gasteiger partial charge in [-0.15, -0.1) is 0 Å². The summed E-state index contributed by atoms with van der Waals surface area (Å²) in [5.41, 5.74) is 0.570. The van der Waals surface area contributed by atoms with Gasteiger partial charge >= 0.3 is 0 Å². The number of carbonyl (C=O) groups excluding carboxylic acids is 1. The van der Waals surface area contributed by atoms with Crippen LogP contribution in [0, 0.1) is 5.82 Å². The molecule has 0 N–H and O–H groups in total. The van der Waals surface area contributed by atoms with Gasteiger partial charge in [0.15, 0.2) is 0 Å². The number of hydrogen-bond acceptors (Lipinski definition) is 4. The van der Waals surface area contributed by atoms with E-state index in [1.807, 2.05) is 4.90 Å². The number of nitrogens with zero attached hydrogens (tertiary/aromatic N) is 3. The van der Waals surface area contributed by atoms with Crippen molar-refractivity contribution < 1.29 is 13.9 Å². The average Bonchev–Trinajstić information content (AvgIpc) is 3.14. The Morgan fingerprint density at radius 1 is 0.964 bits per heavy atom. The molecule has 0 atom stereocenters. The Bertz CT molecular complexity index is 788. The van der Waals surface area contributed by atoms with Gasteiger partial charge in [-0.1, -0.05) is 12.8 Å². The summed E-state index contributed by atoms with van der Waals surface area (Å²) in [7, 11) is 0. The van der Waals surface area contributed by atoms with E-state index in [1.165, 1.54) is 37.8 Å². The van der Waals surface area contributed by atoms with E-state index in [2.05, 4.69) is 9.88 Å². The van der Waals surface area contributed by atoms with Crippen LogP contribution in [-0.2, 0) is 0 Å². The predicted octanol–water partition coefficient (Wildman–Crippen LogP) is 4.10. The van der Waals surface area contributed by atoms with E-state index in [4.69, 9.17) is 4.74 Å². The highest BCUT2D eigenvalue weighted by Crippen LogP contribution is 2.25. The lowest BCUT2D eigenvalue weighted by Crippen LogP contribution is -2.38. The predicted molar refractivity (Wildman–Crippen MR) is 105 cm³/mol. The van der Waals surface area contributed by atoms with E-state index >= 15 is 0 Å². The molecule has 0 unspecified atom stereocenters. The average molecular weight is 383 g/mol. The molecule has 0 radical (unpaired) electrons. The van der Waals surface area contributed by atoms with Gasteiger partial charge in [0, 0.05) is 44.5 Å². The minimum absolute atomic E-state index is 0.0223. The van der Waals surface area contributed by atoms with Crippen molar-refractivity contribution in [3.05, 3.63) is 54.0 Å². The first-order valence-electron chi connectivity index (χ1n) is 10.1. The van der Waals surface area contributed by atoms with Crippen LogP contribution >= 0.6 is 0 Å². The largest absolute Gasteiger partial charge is 0.439 e. The lowest BCUT2D eigenvalue weighted by molar-refractivity contribution is 0.0757. The normalized spacial score (nSPS) is 18.8. The first-order valence-corrected chi connectivity index (χ1v) is 10.1. The van der Waals surface area contributed by atoms with Crippen LogP contribution in [0.4, 0.5) is 4.39 Å². The van der Waals surface area contributed by atoms with Crippen molar-refractivity contribution in [2.75, 3.05) is 26.2 Å². The van der Waals surface area contributed by atoms with Crippen LogP contribution in [0.2, 0.25) is 0 Å². The zero-order valence-corrected chi connectivity index (χ0v) is 16.0. The van der Waals surface area contributed by atoms with Crippen LogP contribution < -0.4 is 4.74 Å². The van der Waals surface area contributed by atoms with Gasteiger partial charge in [0.1, 0.15) is 11.6 Å². The Morgan fingerprint density at radius 2 is 1.75 bits per heavy atom. The smallest absolute Gasteiger partial charge is 0.255 e. The molecule has 2 fully saturated rings. The van der Waals surface area contributed by atoms with Gasteiger partial charge in [-0.3, -0.25) is 9.69 Å². The van der Waals surface area contributed by atoms with Crippen molar-refractivity contribution in [3.8, 4) is 11.6 Å². The van der Waals surface area contributed by atoms with Gasteiger partial charge in [0.25, 0.3) is 5.91 Å². The second kappa shape index (κ2) is 8.69. The molecule has 1 aliphatic carbocycles. The van der Waals surface area contributed by atoms with Crippen molar-refractivity contribution >= 4 is 5.91 Å². The molecule has 4 rings (SSSR count).